The molecule has 15 aliphatic rings. The summed E-state index contributed by atoms with van der Waals surface area (Å²) in [5.41, 5.74) is 32.5. The molecule has 21 aromatic rings. The van der Waals surface area contributed by atoms with E-state index in [2.05, 4.69) is 445 Å². The Kier molecular flexibility index (Phi) is 18.6. The van der Waals surface area contributed by atoms with Gasteiger partial charge in [0.2, 0.25) is 0 Å². The van der Waals surface area contributed by atoms with Crippen LogP contribution in [-0.4, -0.2) is 0 Å². The first kappa shape index (κ1) is 82.8. The topological polar surface area (TPSA) is 9.72 Å². The van der Waals surface area contributed by atoms with Crippen molar-refractivity contribution in [1.29, 1.82) is 0 Å². The molecule has 0 atom stereocenters. The maximum Gasteiger partial charge on any atom is 0.0546 e. The maximum atomic E-state index is 2.60. The molecule has 688 valence electrons. The van der Waals surface area contributed by atoms with Crippen LogP contribution in [0, 0.1) is 71.0 Å². The third-order valence-corrected chi connectivity index (χ3v) is 38.6. The molecule has 12 saturated carbocycles. The molecule has 0 heterocycles. The van der Waals surface area contributed by atoms with Crippen molar-refractivity contribution in [2.24, 2.45) is 71.0 Å². The lowest BCUT2D eigenvalue weighted by atomic mass is 9.43. The molecule has 0 unspecified atom stereocenters. The highest BCUT2D eigenvalue weighted by molar-refractivity contribution is 6.16. The van der Waals surface area contributed by atoms with Crippen molar-refractivity contribution in [3.8, 4) is 44.5 Å². The zero-order valence-electron chi connectivity index (χ0n) is 80.9. The van der Waals surface area contributed by atoms with Gasteiger partial charge < -0.3 is 14.7 Å². The van der Waals surface area contributed by atoms with Crippen LogP contribution < -0.4 is 14.7 Å². The highest BCUT2D eigenvalue weighted by Gasteiger charge is 2.66. The van der Waals surface area contributed by atoms with Crippen LogP contribution >= 0.6 is 0 Å². The lowest BCUT2D eigenvalue weighted by molar-refractivity contribution is -0.0399. The Bertz CT molecular complexity index is 8740. The van der Waals surface area contributed by atoms with Crippen molar-refractivity contribution in [3.05, 3.63) is 464 Å². The second kappa shape index (κ2) is 32.1. The molecular formula is C140H113N3. The summed E-state index contributed by atoms with van der Waals surface area (Å²) in [7, 11) is 0. The van der Waals surface area contributed by atoms with Crippen molar-refractivity contribution < 1.29 is 0 Å². The Hall–Kier alpha value is -14.9. The molecule has 143 heavy (non-hydrogen) atoms. The van der Waals surface area contributed by atoms with Gasteiger partial charge in [0, 0.05) is 66.8 Å². The maximum absolute atomic E-state index is 2.60. The number of hydrogen-bond acceptors (Lipinski definition) is 3. The predicted molar refractivity (Wildman–Crippen MR) is 599 cm³/mol. The molecule has 0 aromatic heterocycles. The average molecular weight is 1840 g/mol. The third-order valence-electron chi connectivity index (χ3n) is 38.6. The Labute approximate surface area is 838 Å². The van der Waals surface area contributed by atoms with Crippen molar-refractivity contribution >= 4 is 137 Å². The SMILES string of the molecule is c1ccc2c(c1)-c1c(N(c3ccc(-c4cccc5ccccc45)cc3)c3ccc4ccccc4c3)cccc1C21C2CC3CC(C2)CC1C3.c1ccc2c(c1)-c1c(N(c3ccc4ccccc4c3)c3cc4ccccc4c4ccccc34)cccc1C21C2CC3CC(C2)CC1C3.c1ccc2c(c1)-c1c(N(c3ccc4ccccc4c3)c3ccc4c(ccc5ccccc54)c3)cccc1C21C2CC3CC(C2)CC1C3. The van der Waals surface area contributed by atoms with E-state index in [1.807, 2.05) is 0 Å². The fraction of sp³-hybridized carbons (Fsp3) is 0.214. The van der Waals surface area contributed by atoms with Gasteiger partial charge in [-0.15, -0.1) is 0 Å². The molecule has 36 rings (SSSR count). The molecule has 15 aliphatic carbocycles. The summed E-state index contributed by atoms with van der Waals surface area (Å²) in [5.74, 6) is 10.1. The fourth-order valence-electron chi connectivity index (χ4n) is 33.9. The number of benzene rings is 21. The van der Waals surface area contributed by atoms with Crippen molar-refractivity contribution in [2.45, 2.75) is 113 Å². The van der Waals surface area contributed by atoms with Crippen molar-refractivity contribution in [2.75, 3.05) is 14.7 Å². The Morgan fingerprint density at radius 2 is 0.420 bits per heavy atom. The van der Waals surface area contributed by atoms with E-state index in [4.69, 9.17) is 0 Å². The number of hydrogen-bond donors (Lipinski definition) is 0. The molecule has 0 saturated heterocycles. The van der Waals surface area contributed by atoms with Crippen molar-refractivity contribution in [3.63, 3.8) is 0 Å². The molecule has 21 aromatic carbocycles. The van der Waals surface area contributed by atoms with Gasteiger partial charge in [-0.3, -0.25) is 0 Å². The van der Waals surface area contributed by atoms with E-state index in [0.717, 1.165) is 71.0 Å². The first-order valence-corrected chi connectivity index (χ1v) is 53.8. The van der Waals surface area contributed by atoms with Gasteiger partial charge in [-0.2, -0.15) is 0 Å². The lowest BCUT2D eigenvalue weighted by Gasteiger charge is -2.61. The summed E-state index contributed by atoms with van der Waals surface area (Å²) >= 11 is 0. The highest BCUT2D eigenvalue weighted by atomic mass is 15.2. The molecule has 3 nitrogen and oxygen atoms in total. The molecular weight excluding hydrogens is 1720 g/mol. The van der Waals surface area contributed by atoms with Gasteiger partial charge in [0.25, 0.3) is 0 Å². The highest BCUT2D eigenvalue weighted by Crippen LogP contribution is 2.75. The first-order valence-electron chi connectivity index (χ1n) is 53.8. The van der Waals surface area contributed by atoms with Crippen LogP contribution in [0.3, 0.4) is 0 Å². The van der Waals surface area contributed by atoms with Gasteiger partial charge in [0.1, 0.15) is 0 Å². The summed E-state index contributed by atoms with van der Waals surface area (Å²) < 4.78 is 0. The second-order valence-corrected chi connectivity index (χ2v) is 45.3. The standard InChI is InChI=1S/C48H39N.2C46H37N/c1-2-11-36-30-40(24-19-33(36)9-1)49(39-22-20-35(21-23-39)42-15-7-12-34-10-3-4-13-41(34)42)46-18-8-17-45-47(46)43-14-5-6-16-44(43)48(45)37-26-31-25-32(28-37)29-38(48)27-31;1-2-11-32-27-36(21-20-31(32)10-1)47(44-28-33-12-3-4-13-37(33)38-14-5-6-15-39(38)44)43-19-9-18-42-45(43)40-16-7-8-17-41(40)46(42)34-23-29-22-30(25-34)26-35(46)24-29;1-2-10-33-27-37(19-18-31(33)8-1)47(38-20-21-40-34(28-38)17-16-32-9-3-4-11-39(32)40)44-15-7-14-43-45(44)41-12-5-6-13-42(41)46(43)35-23-29-22-30(25-35)26-36(46)24-29/h1-24,30-32,37-38H,25-29H2;1-21,27-30,34-35H,22-26H2;1-21,27-30,35-36H,22-26H2. The molecule has 0 amide bonds. The summed E-state index contributed by atoms with van der Waals surface area (Å²) in [5, 5.41) is 20.6. The zero-order chi connectivity index (χ0) is 93.5. The van der Waals surface area contributed by atoms with E-state index < -0.39 is 0 Å². The van der Waals surface area contributed by atoms with E-state index in [-0.39, 0.29) is 16.2 Å². The van der Waals surface area contributed by atoms with Crippen LogP contribution in [0.15, 0.2) is 431 Å². The minimum atomic E-state index is 0.135. The molecule has 0 aliphatic heterocycles. The normalized spacial score (nSPS) is 24.9. The van der Waals surface area contributed by atoms with Crippen LogP contribution in [0.2, 0.25) is 0 Å². The van der Waals surface area contributed by atoms with Gasteiger partial charge in [0.15, 0.2) is 0 Å². The first-order chi connectivity index (χ1) is 70.8. The van der Waals surface area contributed by atoms with E-state index in [0.29, 0.717) is 0 Å². The quantitative estimate of drug-likeness (QED) is 0.126. The number of fused-ring (bicyclic) bond motifs is 19. The molecule has 0 N–H and O–H groups in total. The minimum Gasteiger partial charge on any atom is -0.310 e. The number of rotatable bonds is 10. The summed E-state index contributed by atoms with van der Waals surface area (Å²) in [4.78, 5) is 7.71. The van der Waals surface area contributed by atoms with Gasteiger partial charge in [-0.1, -0.05) is 346 Å². The van der Waals surface area contributed by atoms with Gasteiger partial charge in [0.05, 0.1) is 22.7 Å². The van der Waals surface area contributed by atoms with E-state index in [9.17, 15) is 0 Å². The molecule has 3 spiro atoms. The van der Waals surface area contributed by atoms with Crippen LogP contribution in [0.4, 0.5) is 51.2 Å². The monoisotopic (exact) mass is 1840 g/mol. The number of nitrogens with zero attached hydrogens (tertiary/aromatic N) is 3. The Morgan fingerprint density at radius 3 is 0.860 bits per heavy atom. The van der Waals surface area contributed by atoms with E-state index in [1.165, 1.54) is 278 Å². The Morgan fingerprint density at radius 1 is 0.154 bits per heavy atom. The van der Waals surface area contributed by atoms with E-state index >= 15 is 0 Å². The van der Waals surface area contributed by atoms with Crippen LogP contribution in [0.1, 0.15) is 130 Å². The van der Waals surface area contributed by atoms with Crippen LogP contribution in [-0.2, 0) is 16.2 Å². The molecule has 12 fully saturated rings. The fourth-order valence-corrected chi connectivity index (χ4v) is 33.9. The molecule has 3 heteroatoms. The lowest BCUT2D eigenvalue weighted by Crippen LogP contribution is -2.55. The summed E-state index contributed by atoms with van der Waals surface area (Å²) in [6.45, 7) is 0. The van der Waals surface area contributed by atoms with Gasteiger partial charge in [-0.05, 0) is 394 Å². The third kappa shape index (κ3) is 12.3. The van der Waals surface area contributed by atoms with E-state index in [1.54, 1.807) is 33.4 Å². The predicted octanol–water partition coefficient (Wildman–Crippen LogP) is 37.5. The number of anilines is 9. The second-order valence-electron chi connectivity index (χ2n) is 45.3. The molecule has 12 bridgehead atoms. The van der Waals surface area contributed by atoms with Gasteiger partial charge >= 0.3 is 0 Å². The van der Waals surface area contributed by atoms with Crippen LogP contribution in [0.5, 0.6) is 0 Å². The van der Waals surface area contributed by atoms with Crippen molar-refractivity contribution in [1.82, 2.24) is 0 Å². The van der Waals surface area contributed by atoms with Gasteiger partial charge in [-0.25, -0.2) is 0 Å². The zero-order valence-corrected chi connectivity index (χ0v) is 80.9. The largest absolute Gasteiger partial charge is 0.310 e. The molecule has 0 radical (unpaired) electrons. The summed E-state index contributed by atoms with van der Waals surface area (Å²) in [6.07, 6.45) is 21.2. The smallest absolute Gasteiger partial charge is 0.0546 e. The Balaban J connectivity index is 0.0000000981. The van der Waals surface area contributed by atoms with Crippen LogP contribution in [0.25, 0.3) is 131 Å². The average Bonchev–Trinajstić information content (AvgIpc) is 1.52. The summed E-state index contributed by atoms with van der Waals surface area (Å²) in [6, 6.07) is 163. The minimum absolute atomic E-state index is 0.135.